The van der Waals surface area contributed by atoms with Gasteiger partial charge in [-0.25, -0.2) is 0 Å². The molecule has 16 heavy (non-hydrogen) atoms. The third kappa shape index (κ3) is 4.03. The second-order valence-electron chi connectivity index (χ2n) is 4.17. The van der Waals surface area contributed by atoms with Crippen molar-refractivity contribution in [2.24, 2.45) is 5.92 Å². The zero-order valence-electron chi connectivity index (χ0n) is 9.60. The number of halogens is 1. The molecular formula is C11H18INO3. The molecular weight excluding hydrogens is 323 g/mol. The maximum atomic E-state index is 11.0. The Morgan fingerprint density at radius 2 is 2.44 bits per heavy atom. The van der Waals surface area contributed by atoms with E-state index in [9.17, 15) is 9.90 Å². The van der Waals surface area contributed by atoms with Crippen LogP contribution in [0, 0.1) is 5.92 Å². The highest BCUT2D eigenvalue weighted by Crippen LogP contribution is 2.24. The first-order valence-corrected chi connectivity index (χ1v) is 6.60. The molecule has 0 aromatic heterocycles. The third-order valence-corrected chi connectivity index (χ3v) is 3.25. The van der Waals surface area contributed by atoms with Crippen molar-refractivity contribution in [3.63, 3.8) is 0 Å². The van der Waals surface area contributed by atoms with Gasteiger partial charge in [0.05, 0.1) is 6.10 Å². The number of carbonyl (C=O) groups excluding carboxylic acids is 1. The Labute approximate surface area is 110 Å². The lowest BCUT2D eigenvalue weighted by Gasteiger charge is -2.37. The van der Waals surface area contributed by atoms with E-state index in [2.05, 4.69) is 27.5 Å². The molecule has 0 bridgehead atoms. The molecule has 1 saturated heterocycles. The van der Waals surface area contributed by atoms with Crippen LogP contribution in [0.4, 0.5) is 0 Å². The van der Waals surface area contributed by atoms with E-state index in [0.717, 1.165) is 13.0 Å². The predicted octanol–water partition coefficient (Wildman–Crippen LogP) is 1.18. The molecule has 1 heterocycles. The molecule has 0 radical (unpaired) electrons. The van der Waals surface area contributed by atoms with Gasteiger partial charge in [0, 0.05) is 19.4 Å². The number of nitrogens with zero attached hydrogens (tertiary/aromatic N) is 1. The van der Waals surface area contributed by atoms with Crippen molar-refractivity contribution in [2.75, 3.05) is 20.1 Å². The Kier molecular flexibility index (Phi) is 5.71. The lowest BCUT2D eigenvalue weighted by Crippen LogP contribution is -2.47. The van der Waals surface area contributed by atoms with E-state index in [1.165, 1.54) is 6.92 Å². The van der Waals surface area contributed by atoms with Crippen LogP contribution in [-0.4, -0.2) is 48.3 Å². The van der Waals surface area contributed by atoms with Crippen molar-refractivity contribution < 1.29 is 14.6 Å². The highest BCUT2D eigenvalue weighted by atomic mass is 127. The highest BCUT2D eigenvalue weighted by molar-refractivity contribution is 14.1. The van der Waals surface area contributed by atoms with Crippen molar-refractivity contribution in [1.82, 2.24) is 4.90 Å². The molecule has 5 heteroatoms. The summed E-state index contributed by atoms with van der Waals surface area (Å²) in [5, 5.41) is 9.94. The van der Waals surface area contributed by atoms with Crippen LogP contribution in [0.15, 0.2) is 10.2 Å². The average Bonchev–Trinajstić information content (AvgIpc) is 2.16. The van der Waals surface area contributed by atoms with Crippen molar-refractivity contribution in [1.29, 1.82) is 0 Å². The topological polar surface area (TPSA) is 49.8 Å². The van der Waals surface area contributed by atoms with Gasteiger partial charge in [-0.15, -0.1) is 0 Å². The van der Waals surface area contributed by atoms with Gasteiger partial charge < -0.3 is 14.7 Å². The number of carbonyl (C=O) groups is 1. The summed E-state index contributed by atoms with van der Waals surface area (Å²) in [6, 6.07) is 0. The summed E-state index contributed by atoms with van der Waals surface area (Å²) in [5.41, 5.74) is 0. The molecule has 0 aromatic carbocycles. The van der Waals surface area contributed by atoms with Gasteiger partial charge in [-0.2, -0.15) is 0 Å². The quantitative estimate of drug-likeness (QED) is 0.619. The zero-order valence-corrected chi connectivity index (χ0v) is 11.8. The molecule has 1 rings (SSSR count). The van der Waals surface area contributed by atoms with Crippen molar-refractivity contribution in [2.45, 2.75) is 25.6 Å². The summed E-state index contributed by atoms with van der Waals surface area (Å²) in [6.07, 6.45) is 1.85. The van der Waals surface area contributed by atoms with Gasteiger partial charge in [0.2, 0.25) is 0 Å². The number of rotatable bonds is 3. The summed E-state index contributed by atoms with van der Waals surface area (Å²) < 4.78 is 7.06. The van der Waals surface area contributed by atoms with Gasteiger partial charge in [-0.1, -0.05) is 22.6 Å². The van der Waals surface area contributed by atoms with Crippen LogP contribution in [0.3, 0.4) is 0 Å². The fraction of sp³-hybridized carbons (Fsp3) is 0.727. The van der Waals surface area contributed by atoms with E-state index < -0.39 is 6.10 Å². The first-order chi connectivity index (χ1) is 7.54. The highest BCUT2D eigenvalue weighted by Gasteiger charge is 2.33. The van der Waals surface area contributed by atoms with Crippen molar-refractivity contribution in [3.8, 4) is 0 Å². The van der Waals surface area contributed by atoms with E-state index in [0.29, 0.717) is 6.54 Å². The van der Waals surface area contributed by atoms with Gasteiger partial charge in [0.15, 0.2) is 0 Å². The fourth-order valence-corrected chi connectivity index (χ4v) is 2.46. The van der Waals surface area contributed by atoms with Crippen molar-refractivity contribution >= 4 is 28.6 Å². The number of hydrogen-bond donors (Lipinski definition) is 1. The average molecular weight is 341 g/mol. The molecule has 0 aliphatic carbocycles. The van der Waals surface area contributed by atoms with Crippen LogP contribution in [-0.2, 0) is 9.53 Å². The van der Waals surface area contributed by atoms with E-state index >= 15 is 0 Å². The lowest BCUT2D eigenvalue weighted by molar-refractivity contribution is -0.154. The predicted molar refractivity (Wildman–Crippen MR) is 70.3 cm³/mol. The summed E-state index contributed by atoms with van der Waals surface area (Å²) in [5.74, 6) is -0.276. The fourth-order valence-electron chi connectivity index (χ4n) is 2.03. The monoisotopic (exact) mass is 341 g/mol. The summed E-state index contributed by atoms with van der Waals surface area (Å²) in [7, 11) is 1.99. The summed E-state index contributed by atoms with van der Waals surface area (Å²) in [4.78, 5) is 13.1. The Balaban J connectivity index is 2.67. The molecule has 4 nitrogen and oxygen atoms in total. The smallest absolute Gasteiger partial charge is 0.302 e. The standard InChI is InChI=1S/C11H18INO3/c1-8(14)16-11-7-13(2)6-4-9(11)10(15)3-5-12/h3,5,9-11,15H,4,6-7H2,1-2H3/i2+2. The summed E-state index contributed by atoms with van der Waals surface area (Å²) in [6.45, 7) is 3.02. The molecule has 0 spiro atoms. The first-order valence-electron chi connectivity index (χ1n) is 5.35. The molecule has 0 saturated carbocycles. The number of aliphatic hydroxyl groups excluding tert-OH is 1. The molecule has 1 fully saturated rings. The number of likely N-dealkylation sites (tertiary alicyclic amines) is 1. The molecule has 0 amide bonds. The van der Waals surface area contributed by atoms with Crippen LogP contribution >= 0.6 is 22.6 Å². The van der Waals surface area contributed by atoms with Crippen LogP contribution in [0.1, 0.15) is 13.3 Å². The largest absolute Gasteiger partial charge is 0.461 e. The SMILES string of the molecule is CC(=O)OC1CN([14CH3])CCC1C(O)C=CI. The number of ether oxygens (including phenoxy) is 1. The van der Waals surface area contributed by atoms with E-state index in [-0.39, 0.29) is 18.0 Å². The molecule has 1 aliphatic heterocycles. The second kappa shape index (κ2) is 6.56. The maximum Gasteiger partial charge on any atom is 0.302 e. The molecule has 3 atom stereocenters. The van der Waals surface area contributed by atoms with E-state index in [1.54, 1.807) is 10.2 Å². The second-order valence-corrected chi connectivity index (χ2v) is 4.89. The first kappa shape index (κ1) is 13.9. The molecule has 1 aliphatic rings. The van der Waals surface area contributed by atoms with Crippen LogP contribution < -0.4 is 0 Å². The van der Waals surface area contributed by atoms with Crippen LogP contribution in [0.2, 0.25) is 0 Å². The Morgan fingerprint density at radius 1 is 1.75 bits per heavy atom. The molecule has 1 N–H and O–H groups in total. The number of esters is 1. The zero-order chi connectivity index (χ0) is 12.1. The normalized spacial score (nSPS) is 29.2. The number of hydrogen-bond acceptors (Lipinski definition) is 4. The van der Waals surface area contributed by atoms with Gasteiger partial charge in [0.25, 0.3) is 0 Å². The number of likely N-dealkylation sites (N-methyl/N-ethyl adjacent to an activating group) is 1. The Hall–Kier alpha value is -0.140. The minimum Gasteiger partial charge on any atom is -0.461 e. The van der Waals surface area contributed by atoms with Crippen LogP contribution in [0.5, 0.6) is 0 Å². The minimum atomic E-state index is -0.532. The van der Waals surface area contributed by atoms with Crippen LogP contribution in [0.25, 0.3) is 0 Å². The molecule has 3 unspecified atom stereocenters. The Morgan fingerprint density at radius 3 is 3.00 bits per heavy atom. The Bertz CT molecular complexity index is 270. The minimum absolute atomic E-state index is 0.00566. The van der Waals surface area contributed by atoms with E-state index in [4.69, 9.17) is 4.74 Å². The third-order valence-electron chi connectivity index (χ3n) is 2.84. The van der Waals surface area contributed by atoms with Gasteiger partial charge in [-0.05, 0) is 30.2 Å². The van der Waals surface area contributed by atoms with Gasteiger partial charge in [0.1, 0.15) is 6.10 Å². The number of aliphatic hydroxyl groups is 1. The number of piperidine rings is 1. The van der Waals surface area contributed by atoms with E-state index in [1.807, 2.05) is 7.05 Å². The molecule has 92 valence electrons. The maximum absolute atomic E-state index is 11.0. The van der Waals surface area contributed by atoms with Gasteiger partial charge >= 0.3 is 5.97 Å². The van der Waals surface area contributed by atoms with Gasteiger partial charge in [-0.3, -0.25) is 4.79 Å². The van der Waals surface area contributed by atoms with Crippen molar-refractivity contribution in [3.05, 3.63) is 10.2 Å². The lowest BCUT2D eigenvalue weighted by atomic mass is 9.89. The molecule has 0 aromatic rings. The summed E-state index contributed by atoms with van der Waals surface area (Å²) >= 11 is 2.08.